The fraction of sp³-hybridized carbons (Fsp3) is 0.389. The van der Waals surface area contributed by atoms with Gasteiger partial charge < -0.3 is 10.5 Å². The Morgan fingerprint density at radius 1 is 1.14 bits per heavy atom. The Morgan fingerprint density at radius 3 is 2.43 bits per heavy atom. The number of aryl methyl sites for hydroxylation is 1. The molecule has 0 aliphatic carbocycles. The number of pyridine rings is 1. The van der Waals surface area contributed by atoms with Gasteiger partial charge in [-0.05, 0) is 41.7 Å². The second-order valence-corrected chi connectivity index (χ2v) is 5.58. The molecule has 0 radical (unpaired) electrons. The van der Waals surface area contributed by atoms with Crippen LogP contribution in [0.1, 0.15) is 49.9 Å². The van der Waals surface area contributed by atoms with Crippen molar-refractivity contribution in [3.8, 4) is 11.6 Å². The lowest BCUT2D eigenvalue weighted by atomic mass is 10.0. The Bertz CT molecular complexity index is 576. The van der Waals surface area contributed by atoms with Crippen LogP contribution in [0, 0.1) is 0 Å². The third kappa shape index (κ3) is 4.30. The fourth-order valence-electron chi connectivity index (χ4n) is 2.22. The van der Waals surface area contributed by atoms with E-state index < -0.39 is 0 Å². The van der Waals surface area contributed by atoms with Crippen LogP contribution in [0.15, 0.2) is 36.4 Å². The van der Waals surface area contributed by atoms with Gasteiger partial charge in [-0.1, -0.05) is 39.3 Å². The van der Waals surface area contributed by atoms with Gasteiger partial charge in [0.2, 0.25) is 5.88 Å². The van der Waals surface area contributed by atoms with Crippen LogP contribution in [0.2, 0.25) is 0 Å². The van der Waals surface area contributed by atoms with Crippen LogP contribution >= 0.6 is 0 Å². The van der Waals surface area contributed by atoms with Crippen molar-refractivity contribution in [2.24, 2.45) is 5.73 Å². The highest BCUT2D eigenvalue weighted by molar-refractivity contribution is 5.33. The zero-order valence-corrected chi connectivity index (χ0v) is 13.1. The molecule has 1 heterocycles. The lowest BCUT2D eigenvalue weighted by Gasteiger charge is -2.10. The minimum absolute atomic E-state index is 0.502. The Labute approximate surface area is 127 Å². The molecule has 0 amide bonds. The molecule has 0 bridgehead atoms. The van der Waals surface area contributed by atoms with Crippen LogP contribution in [0.5, 0.6) is 11.6 Å². The number of nitrogens with zero attached hydrogens (tertiary/aromatic N) is 1. The summed E-state index contributed by atoms with van der Waals surface area (Å²) in [6, 6.07) is 12.1. The minimum Gasteiger partial charge on any atom is -0.439 e. The first-order chi connectivity index (χ1) is 10.1. The molecule has 0 saturated carbocycles. The van der Waals surface area contributed by atoms with Crippen molar-refractivity contribution < 1.29 is 4.74 Å². The minimum atomic E-state index is 0.502. The Kier molecular flexibility index (Phi) is 5.34. The normalized spacial score (nSPS) is 10.9. The predicted molar refractivity (Wildman–Crippen MR) is 86.7 cm³/mol. The van der Waals surface area contributed by atoms with E-state index in [0.717, 1.165) is 29.8 Å². The van der Waals surface area contributed by atoms with E-state index in [1.54, 1.807) is 0 Å². The van der Waals surface area contributed by atoms with E-state index in [1.807, 2.05) is 18.2 Å². The second kappa shape index (κ2) is 7.23. The van der Waals surface area contributed by atoms with Crippen molar-refractivity contribution in [2.45, 2.75) is 46.1 Å². The molecule has 3 heteroatoms. The van der Waals surface area contributed by atoms with Gasteiger partial charge in [-0.2, -0.15) is 0 Å². The zero-order chi connectivity index (χ0) is 15.2. The number of hydrogen-bond donors (Lipinski definition) is 1. The van der Waals surface area contributed by atoms with Gasteiger partial charge in [-0.3, -0.25) is 0 Å². The Balaban J connectivity index is 2.19. The number of nitrogens with two attached hydrogens (primary N) is 1. The Hall–Kier alpha value is -1.87. The maximum Gasteiger partial charge on any atom is 0.219 e. The molecule has 1 aromatic carbocycles. The molecular weight excluding hydrogens is 260 g/mol. The van der Waals surface area contributed by atoms with E-state index >= 15 is 0 Å². The van der Waals surface area contributed by atoms with Gasteiger partial charge in [0.1, 0.15) is 5.75 Å². The second-order valence-electron chi connectivity index (χ2n) is 5.58. The van der Waals surface area contributed by atoms with Crippen LogP contribution in [0.4, 0.5) is 0 Å². The van der Waals surface area contributed by atoms with E-state index in [4.69, 9.17) is 10.5 Å². The van der Waals surface area contributed by atoms with Crippen molar-refractivity contribution in [2.75, 3.05) is 0 Å². The quantitative estimate of drug-likeness (QED) is 0.854. The van der Waals surface area contributed by atoms with Gasteiger partial charge in [0.05, 0.1) is 0 Å². The van der Waals surface area contributed by atoms with Crippen LogP contribution in [-0.2, 0) is 13.0 Å². The number of benzene rings is 1. The highest BCUT2D eigenvalue weighted by Gasteiger charge is 2.05. The molecule has 0 saturated heterocycles. The first kappa shape index (κ1) is 15.5. The lowest BCUT2D eigenvalue weighted by molar-refractivity contribution is 0.459. The lowest BCUT2D eigenvalue weighted by Crippen LogP contribution is -2.01. The van der Waals surface area contributed by atoms with Crippen molar-refractivity contribution in [1.82, 2.24) is 4.98 Å². The first-order valence-electron chi connectivity index (χ1n) is 7.60. The maximum atomic E-state index is 5.88. The third-order valence-corrected chi connectivity index (χ3v) is 3.43. The van der Waals surface area contributed by atoms with Crippen LogP contribution in [-0.4, -0.2) is 4.98 Å². The first-order valence-corrected chi connectivity index (χ1v) is 7.60. The maximum absolute atomic E-state index is 5.88. The van der Waals surface area contributed by atoms with Crippen molar-refractivity contribution in [3.63, 3.8) is 0 Å². The molecular formula is C18H24N2O. The van der Waals surface area contributed by atoms with Gasteiger partial charge in [0, 0.05) is 18.3 Å². The number of aromatic nitrogens is 1. The number of ether oxygens (including phenoxy) is 1. The van der Waals surface area contributed by atoms with E-state index in [-0.39, 0.29) is 0 Å². The summed E-state index contributed by atoms with van der Waals surface area (Å²) in [5.41, 5.74) is 9.14. The SMILES string of the molecule is CCCc1cc(CN)cc(Oc2ccc(C(C)C)cc2)n1. The smallest absolute Gasteiger partial charge is 0.219 e. The summed E-state index contributed by atoms with van der Waals surface area (Å²) in [6.07, 6.45) is 2.00. The van der Waals surface area contributed by atoms with Crippen molar-refractivity contribution in [3.05, 3.63) is 53.2 Å². The van der Waals surface area contributed by atoms with Gasteiger partial charge in [-0.25, -0.2) is 4.98 Å². The molecule has 0 aliphatic heterocycles. The fourth-order valence-corrected chi connectivity index (χ4v) is 2.22. The summed E-state index contributed by atoms with van der Waals surface area (Å²) in [6.45, 7) is 7.00. The summed E-state index contributed by atoms with van der Waals surface area (Å²) in [7, 11) is 0. The molecule has 2 aromatic rings. The summed E-state index contributed by atoms with van der Waals surface area (Å²) in [5, 5.41) is 0. The Morgan fingerprint density at radius 2 is 1.86 bits per heavy atom. The summed E-state index contributed by atoms with van der Waals surface area (Å²) in [4.78, 5) is 4.55. The number of hydrogen-bond acceptors (Lipinski definition) is 3. The van der Waals surface area contributed by atoms with E-state index in [2.05, 4.69) is 44.0 Å². The summed E-state index contributed by atoms with van der Waals surface area (Å²) in [5.74, 6) is 1.95. The summed E-state index contributed by atoms with van der Waals surface area (Å²) >= 11 is 0. The molecule has 21 heavy (non-hydrogen) atoms. The average molecular weight is 284 g/mol. The molecule has 0 fully saturated rings. The van der Waals surface area contributed by atoms with Gasteiger partial charge >= 0.3 is 0 Å². The van der Waals surface area contributed by atoms with Crippen LogP contribution < -0.4 is 10.5 Å². The van der Waals surface area contributed by atoms with Gasteiger partial charge in [-0.15, -0.1) is 0 Å². The highest BCUT2D eigenvalue weighted by Crippen LogP contribution is 2.24. The van der Waals surface area contributed by atoms with E-state index in [1.165, 1.54) is 5.56 Å². The van der Waals surface area contributed by atoms with Crippen LogP contribution in [0.3, 0.4) is 0 Å². The molecule has 112 valence electrons. The molecule has 0 aliphatic rings. The highest BCUT2D eigenvalue weighted by atomic mass is 16.5. The molecule has 2 N–H and O–H groups in total. The monoisotopic (exact) mass is 284 g/mol. The molecule has 3 nitrogen and oxygen atoms in total. The van der Waals surface area contributed by atoms with E-state index in [9.17, 15) is 0 Å². The number of rotatable bonds is 6. The van der Waals surface area contributed by atoms with Gasteiger partial charge in [0.15, 0.2) is 0 Å². The molecule has 1 aromatic heterocycles. The largest absolute Gasteiger partial charge is 0.439 e. The summed E-state index contributed by atoms with van der Waals surface area (Å²) < 4.78 is 5.88. The van der Waals surface area contributed by atoms with Crippen molar-refractivity contribution >= 4 is 0 Å². The zero-order valence-electron chi connectivity index (χ0n) is 13.1. The molecule has 0 spiro atoms. The van der Waals surface area contributed by atoms with Crippen molar-refractivity contribution in [1.29, 1.82) is 0 Å². The van der Waals surface area contributed by atoms with Gasteiger partial charge in [0.25, 0.3) is 0 Å². The molecule has 0 atom stereocenters. The standard InChI is InChI=1S/C18H24N2O/c1-4-5-16-10-14(12-19)11-18(20-16)21-17-8-6-15(7-9-17)13(2)3/h6-11,13H,4-5,12,19H2,1-3H3. The molecule has 2 rings (SSSR count). The predicted octanol–water partition coefficient (Wildman–Crippen LogP) is 4.41. The van der Waals surface area contributed by atoms with Crippen LogP contribution in [0.25, 0.3) is 0 Å². The third-order valence-electron chi connectivity index (χ3n) is 3.43. The topological polar surface area (TPSA) is 48.1 Å². The van der Waals surface area contributed by atoms with E-state index in [0.29, 0.717) is 18.3 Å². The average Bonchev–Trinajstić information content (AvgIpc) is 2.48. The molecule has 0 unspecified atom stereocenters.